The Morgan fingerprint density at radius 3 is 2.72 bits per heavy atom. The molecule has 6 nitrogen and oxygen atoms in total. The Hall–Kier alpha value is -1.96. The van der Waals surface area contributed by atoms with Crippen molar-refractivity contribution in [1.29, 1.82) is 0 Å². The lowest BCUT2D eigenvalue weighted by Gasteiger charge is -2.42. The number of anilines is 1. The molecule has 0 aliphatic carbocycles. The molecule has 1 fully saturated rings. The summed E-state index contributed by atoms with van der Waals surface area (Å²) in [4.78, 5) is 22.8. The molecular weight excluding hydrogens is 456 g/mol. The van der Waals surface area contributed by atoms with Crippen LogP contribution in [0.4, 0.5) is 15.0 Å². The highest BCUT2D eigenvalue weighted by Crippen LogP contribution is 2.36. The highest BCUT2D eigenvalue weighted by atomic mass is 35.5. The molecule has 1 saturated heterocycles. The summed E-state index contributed by atoms with van der Waals surface area (Å²) in [6.07, 6.45) is 1.44. The number of ether oxygens (including phenoxy) is 2. The molecule has 3 heterocycles. The van der Waals surface area contributed by atoms with Crippen molar-refractivity contribution >= 4 is 35.1 Å². The first-order valence-electron chi connectivity index (χ1n) is 10.4. The van der Waals surface area contributed by atoms with Crippen LogP contribution in [0, 0.1) is 11.9 Å². The zero-order chi connectivity index (χ0) is 23.7. The fraction of sp³-hybridized carbons (Fsp3) is 0.522. The number of hydrogen-bond donors (Lipinski definition) is 0. The maximum Gasteiger partial charge on any atom is 0.416 e. The summed E-state index contributed by atoms with van der Waals surface area (Å²) < 4.78 is 25.1. The van der Waals surface area contributed by atoms with E-state index in [1.165, 1.54) is 17.2 Å². The summed E-state index contributed by atoms with van der Waals surface area (Å²) in [6, 6.07) is 6.20. The van der Waals surface area contributed by atoms with Gasteiger partial charge in [0.15, 0.2) is 5.82 Å². The van der Waals surface area contributed by atoms with E-state index >= 15 is 0 Å². The molecule has 2 aromatic heterocycles. The summed E-state index contributed by atoms with van der Waals surface area (Å²) >= 11 is 13.2. The van der Waals surface area contributed by atoms with Gasteiger partial charge in [0.25, 0.3) is 0 Å². The molecule has 1 aliphatic heterocycles. The van der Waals surface area contributed by atoms with Crippen LogP contribution in [0.25, 0.3) is 11.3 Å². The van der Waals surface area contributed by atoms with Crippen molar-refractivity contribution in [3.05, 3.63) is 41.4 Å². The molecule has 1 amide bonds. The van der Waals surface area contributed by atoms with Gasteiger partial charge in [-0.15, -0.1) is 11.6 Å². The second-order valence-corrected chi connectivity index (χ2v) is 10.2. The topological polar surface area (TPSA) is 64.5 Å². The van der Waals surface area contributed by atoms with E-state index in [-0.39, 0.29) is 28.7 Å². The third-order valence-corrected chi connectivity index (χ3v) is 6.35. The van der Waals surface area contributed by atoms with Gasteiger partial charge < -0.3 is 9.47 Å². The minimum absolute atomic E-state index is 0.0761. The number of amides is 1. The van der Waals surface area contributed by atoms with Crippen LogP contribution in [0.5, 0.6) is 0 Å². The van der Waals surface area contributed by atoms with Crippen molar-refractivity contribution in [2.24, 2.45) is 5.92 Å². The normalized spacial score (nSPS) is 20.6. The van der Waals surface area contributed by atoms with Crippen LogP contribution < -0.4 is 4.90 Å². The van der Waals surface area contributed by atoms with E-state index in [1.807, 2.05) is 13.8 Å². The maximum atomic E-state index is 13.7. The molecule has 0 bridgehead atoms. The first kappa shape index (κ1) is 24.7. The predicted octanol–water partition coefficient (Wildman–Crippen LogP) is 6.10. The Labute approximate surface area is 198 Å². The number of carbonyl (C=O) groups is 1. The van der Waals surface area contributed by atoms with Crippen molar-refractivity contribution in [3.63, 3.8) is 0 Å². The van der Waals surface area contributed by atoms with Gasteiger partial charge in [0.2, 0.25) is 5.95 Å². The van der Waals surface area contributed by atoms with E-state index in [4.69, 9.17) is 32.7 Å². The molecule has 0 aromatic carbocycles. The summed E-state index contributed by atoms with van der Waals surface area (Å²) in [7, 11) is 0. The SMILES string of the molecule is CC(C)(C)OC(=O)N(CC1CCOC(C)(C)C1Cl)c1nc(-c2ccnc(F)c2)ccc1Cl. The van der Waals surface area contributed by atoms with E-state index in [2.05, 4.69) is 9.97 Å². The second kappa shape index (κ2) is 9.49. The summed E-state index contributed by atoms with van der Waals surface area (Å²) in [5, 5.41) is -0.0657. The third-order valence-electron chi connectivity index (χ3n) is 5.18. The molecule has 0 saturated carbocycles. The largest absolute Gasteiger partial charge is 0.443 e. The molecule has 2 atom stereocenters. The Morgan fingerprint density at radius 1 is 1.34 bits per heavy atom. The maximum absolute atomic E-state index is 13.7. The molecular formula is C23H28Cl2FN3O3. The summed E-state index contributed by atoms with van der Waals surface area (Å²) in [6.45, 7) is 10.00. The van der Waals surface area contributed by atoms with E-state index in [9.17, 15) is 9.18 Å². The first-order valence-corrected chi connectivity index (χ1v) is 11.3. The number of hydrogen-bond acceptors (Lipinski definition) is 5. The standard InChI is InChI=1S/C23H28Cl2FN3O3/c1-22(2,3)32-21(30)29(13-15-9-11-31-23(4,5)19(15)25)20-16(24)6-7-17(28-20)14-8-10-27-18(26)12-14/h6-8,10,12,15,19H,9,11,13H2,1-5H3. The quantitative estimate of drug-likeness (QED) is 0.388. The van der Waals surface area contributed by atoms with Crippen molar-refractivity contribution in [1.82, 2.24) is 9.97 Å². The number of alkyl halides is 1. The molecule has 3 rings (SSSR count). The minimum Gasteiger partial charge on any atom is -0.443 e. The van der Waals surface area contributed by atoms with Gasteiger partial charge in [0.05, 0.1) is 21.7 Å². The van der Waals surface area contributed by atoms with Gasteiger partial charge in [-0.25, -0.2) is 14.8 Å². The van der Waals surface area contributed by atoms with Crippen molar-refractivity contribution in [3.8, 4) is 11.3 Å². The molecule has 0 N–H and O–H groups in total. The Bertz CT molecular complexity index is 981. The average Bonchev–Trinajstić information content (AvgIpc) is 2.68. The monoisotopic (exact) mass is 483 g/mol. The molecule has 0 spiro atoms. The molecule has 2 unspecified atom stereocenters. The summed E-state index contributed by atoms with van der Waals surface area (Å²) in [5.74, 6) is -0.476. The molecule has 32 heavy (non-hydrogen) atoms. The Morgan fingerprint density at radius 2 is 2.06 bits per heavy atom. The Kier molecular flexibility index (Phi) is 7.32. The lowest BCUT2D eigenvalue weighted by molar-refractivity contribution is -0.0669. The van der Waals surface area contributed by atoms with Crippen LogP contribution in [0.15, 0.2) is 30.5 Å². The van der Waals surface area contributed by atoms with Crippen molar-refractivity contribution in [2.75, 3.05) is 18.1 Å². The van der Waals surface area contributed by atoms with E-state index in [0.717, 1.165) is 0 Å². The van der Waals surface area contributed by atoms with Crippen LogP contribution >= 0.6 is 23.2 Å². The zero-order valence-electron chi connectivity index (χ0n) is 18.9. The van der Waals surface area contributed by atoms with Gasteiger partial charge in [-0.05, 0) is 65.2 Å². The van der Waals surface area contributed by atoms with Gasteiger partial charge in [0.1, 0.15) is 5.60 Å². The Balaban J connectivity index is 2.01. The van der Waals surface area contributed by atoms with Gasteiger partial charge in [0, 0.05) is 31.0 Å². The number of aromatic nitrogens is 2. The number of carbonyl (C=O) groups excluding carboxylic acids is 1. The zero-order valence-corrected chi connectivity index (χ0v) is 20.4. The molecule has 0 radical (unpaired) electrons. The lowest BCUT2D eigenvalue weighted by Crippen LogP contribution is -2.50. The highest BCUT2D eigenvalue weighted by molar-refractivity contribution is 6.33. The van der Waals surface area contributed by atoms with E-state index < -0.39 is 23.2 Å². The van der Waals surface area contributed by atoms with Crippen LogP contribution in [-0.4, -0.2) is 45.8 Å². The second-order valence-electron chi connectivity index (χ2n) is 9.36. The van der Waals surface area contributed by atoms with Gasteiger partial charge in [-0.1, -0.05) is 11.6 Å². The number of pyridine rings is 2. The third kappa shape index (κ3) is 5.88. The summed E-state index contributed by atoms with van der Waals surface area (Å²) in [5.41, 5.74) is -0.295. The molecule has 9 heteroatoms. The van der Waals surface area contributed by atoms with Crippen LogP contribution in [-0.2, 0) is 9.47 Å². The molecule has 174 valence electrons. The average molecular weight is 484 g/mol. The fourth-order valence-corrected chi connectivity index (χ4v) is 4.07. The van der Waals surface area contributed by atoms with Gasteiger partial charge in [-0.3, -0.25) is 4.90 Å². The first-order chi connectivity index (χ1) is 14.9. The predicted molar refractivity (Wildman–Crippen MR) is 124 cm³/mol. The molecule has 1 aliphatic rings. The highest BCUT2D eigenvalue weighted by Gasteiger charge is 2.41. The number of nitrogens with zero attached hydrogens (tertiary/aromatic N) is 3. The lowest BCUT2D eigenvalue weighted by atomic mass is 9.87. The van der Waals surface area contributed by atoms with Gasteiger partial charge in [-0.2, -0.15) is 4.39 Å². The fourth-order valence-electron chi connectivity index (χ4n) is 3.59. The van der Waals surface area contributed by atoms with Crippen LogP contribution in [0.3, 0.4) is 0 Å². The van der Waals surface area contributed by atoms with Crippen LogP contribution in [0.1, 0.15) is 41.0 Å². The minimum atomic E-state index is -0.719. The molecule has 2 aromatic rings. The van der Waals surface area contributed by atoms with E-state index in [0.29, 0.717) is 24.3 Å². The number of halogens is 3. The smallest absolute Gasteiger partial charge is 0.416 e. The van der Waals surface area contributed by atoms with E-state index in [1.54, 1.807) is 39.0 Å². The number of rotatable bonds is 4. The van der Waals surface area contributed by atoms with Gasteiger partial charge >= 0.3 is 6.09 Å². The van der Waals surface area contributed by atoms with Crippen molar-refractivity contribution < 1.29 is 18.7 Å². The van der Waals surface area contributed by atoms with Crippen molar-refractivity contribution in [2.45, 2.75) is 57.6 Å². The van der Waals surface area contributed by atoms with Crippen LogP contribution in [0.2, 0.25) is 5.02 Å².